The average Bonchev–Trinajstić information content (AvgIpc) is 3.23. The summed E-state index contributed by atoms with van der Waals surface area (Å²) in [4.78, 5) is 9.82. The first-order valence-electron chi connectivity index (χ1n) is 10.5. The Hall–Kier alpha value is -2.42. The van der Waals surface area contributed by atoms with Crippen LogP contribution in [0.3, 0.4) is 0 Å². The largest absolute Gasteiger partial charge is 0.498 e. The fourth-order valence-corrected chi connectivity index (χ4v) is 3.45. The van der Waals surface area contributed by atoms with E-state index >= 15 is 4.39 Å². The van der Waals surface area contributed by atoms with Crippen molar-refractivity contribution >= 4 is 23.6 Å². The van der Waals surface area contributed by atoms with Gasteiger partial charge in [0.1, 0.15) is 29.2 Å². The molecule has 0 unspecified atom stereocenters. The molecule has 0 amide bonds. The summed E-state index contributed by atoms with van der Waals surface area (Å²) in [6.45, 7) is 8.96. The minimum absolute atomic E-state index is 0.214. The number of nitrogens with zero attached hydrogens (tertiary/aromatic N) is 2. The molecule has 1 aromatic heterocycles. The predicted molar refractivity (Wildman–Crippen MR) is 121 cm³/mol. The second-order valence-electron chi connectivity index (χ2n) is 9.19. The maximum absolute atomic E-state index is 15.7. The second-order valence-corrected chi connectivity index (χ2v) is 9.19. The number of nitrogens with one attached hydrogen (secondary N) is 1. The summed E-state index contributed by atoms with van der Waals surface area (Å²) >= 11 is 0. The Morgan fingerprint density at radius 3 is 2.35 bits per heavy atom. The molecule has 2 aromatic carbocycles. The van der Waals surface area contributed by atoms with Crippen LogP contribution in [0, 0.1) is 5.82 Å². The van der Waals surface area contributed by atoms with Gasteiger partial charge >= 0.3 is 7.12 Å². The van der Waals surface area contributed by atoms with Crippen molar-refractivity contribution in [3.05, 3.63) is 42.2 Å². The summed E-state index contributed by atoms with van der Waals surface area (Å²) in [7, 11) is 3.11. The van der Waals surface area contributed by atoms with Gasteiger partial charge in [0.05, 0.1) is 11.2 Å². The molecule has 3 aromatic rings. The van der Waals surface area contributed by atoms with Crippen molar-refractivity contribution in [3.63, 3.8) is 0 Å². The number of likely N-dealkylation sites (N-methyl/N-ethyl adjacent to an activating group) is 1. The van der Waals surface area contributed by atoms with Crippen LogP contribution in [0.1, 0.15) is 27.7 Å². The zero-order valence-corrected chi connectivity index (χ0v) is 19.0. The lowest BCUT2D eigenvalue weighted by atomic mass is 9.78. The highest BCUT2D eigenvalue weighted by molar-refractivity contribution is 6.62. The van der Waals surface area contributed by atoms with Gasteiger partial charge in [0.15, 0.2) is 5.82 Å². The number of benzene rings is 2. The standard InChI is InChI=1S/C23H29BFN3O3/c1-22(2)23(3,4)31-24(30-22)16-14-17(29-13-12-28(5)6)19-20(18(16)25)27-21(26-19)15-10-8-7-9-11-15/h7-11,14H,12-13H2,1-6H3,(H,26,27). The van der Waals surface area contributed by atoms with Crippen molar-refractivity contribution in [1.29, 1.82) is 0 Å². The number of imidazole rings is 1. The van der Waals surface area contributed by atoms with Crippen LogP contribution in [0.15, 0.2) is 36.4 Å². The summed E-state index contributed by atoms with van der Waals surface area (Å²) in [6, 6.07) is 11.3. The molecule has 1 fully saturated rings. The van der Waals surface area contributed by atoms with Crippen LogP contribution in [-0.4, -0.2) is 60.4 Å². The van der Waals surface area contributed by atoms with Gasteiger partial charge in [0.25, 0.3) is 0 Å². The summed E-state index contributed by atoms with van der Waals surface area (Å²) in [5.41, 5.74) is 0.741. The van der Waals surface area contributed by atoms with Crippen molar-refractivity contribution in [2.75, 3.05) is 27.2 Å². The normalized spacial score (nSPS) is 17.6. The van der Waals surface area contributed by atoms with Gasteiger partial charge in [0.2, 0.25) is 0 Å². The van der Waals surface area contributed by atoms with E-state index in [1.165, 1.54) is 0 Å². The Labute approximate surface area is 182 Å². The van der Waals surface area contributed by atoms with Crippen LogP contribution in [0.2, 0.25) is 0 Å². The summed E-state index contributed by atoms with van der Waals surface area (Å²) in [5, 5.41) is 0. The second kappa shape index (κ2) is 7.93. The molecular formula is C23H29BFN3O3. The molecular weight excluding hydrogens is 396 g/mol. The summed E-state index contributed by atoms with van der Waals surface area (Å²) in [5.74, 6) is 0.641. The molecule has 8 heteroatoms. The van der Waals surface area contributed by atoms with Crippen LogP contribution in [0.25, 0.3) is 22.4 Å². The van der Waals surface area contributed by atoms with Crippen LogP contribution in [-0.2, 0) is 9.31 Å². The van der Waals surface area contributed by atoms with E-state index in [1.54, 1.807) is 6.07 Å². The average molecular weight is 425 g/mol. The smallest absolute Gasteiger partial charge is 0.490 e. The molecule has 0 spiro atoms. The minimum atomic E-state index is -0.845. The quantitative estimate of drug-likeness (QED) is 0.612. The first kappa shape index (κ1) is 21.8. The highest BCUT2D eigenvalue weighted by atomic mass is 19.1. The van der Waals surface area contributed by atoms with Gasteiger partial charge in [-0.25, -0.2) is 9.37 Å². The number of H-pyrrole nitrogens is 1. The molecule has 0 radical (unpaired) electrons. The Morgan fingerprint density at radius 2 is 1.74 bits per heavy atom. The highest BCUT2D eigenvalue weighted by Gasteiger charge is 2.52. The van der Waals surface area contributed by atoms with Crippen molar-refractivity contribution < 1.29 is 18.4 Å². The molecule has 1 aliphatic heterocycles. The van der Waals surface area contributed by atoms with Crippen molar-refractivity contribution in [2.24, 2.45) is 0 Å². The molecule has 164 valence electrons. The molecule has 0 bridgehead atoms. The lowest BCUT2D eigenvalue weighted by molar-refractivity contribution is 0.00578. The number of fused-ring (bicyclic) bond motifs is 1. The Balaban J connectivity index is 1.81. The summed E-state index contributed by atoms with van der Waals surface area (Å²) in [6.07, 6.45) is 0. The topological polar surface area (TPSA) is 59.6 Å². The molecule has 0 saturated carbocycles. The fourth-order valence-electron chi connectivity index (χ4n) is 3.45. The van der Waals surface area contributed by atoms with Crippen molar-refractivity contribution in [1.82, 2.24) is 14.9 Å². The van der Waals surface area contributed by atoms with Crippen molar-refractivity contribution in [2.45, 2.75) is 38.9 Å². The number of rotatable bonds is 6. The number of hydrogen-bond acceptors (Lipinski definition) is 5. The molecule has 6 nitrogen and oxygen atoms in total. The van der Waals surface area contributed by atoms with E-state index in [4.69, 9.17) is 14.0 Å². The molecule has 0 aliphatic carbocycles. The summed E-state index contributed by atoms with van der Waals surface area (Å²) < 4.78 is 33.9. The minimum Gasteiger partial charge on any atom is -0.490 e. The van der Waals surface area contributed by atoms with Gasteiger partial charge in [-0.3, -0.25) is 0 Å². The zero-order chi connectivity index (χ0) is 22.4. The van der Waals surface area contributed by atoms with Crippen LogP contribution in [0.5, 0.6) is 5.75 Å². The van der Waals surface area contributed by atoms with Crippen LogP contribution >= 0.6 is 0 Å². The lowest BCUT2D eigenvalue weighted by Gasteiger charge is -2.32. The molecule has 1 N–H and O–H groups in total. The molecule has 0 atom stereocenters. The fraction of sp³-hybridized carbons (Fsp3) is 0.435. The SMILES string of the molecule is CN(C)CCOc1cc(B2OC(C)(C)C(C)(C)O2)c(F)c2nc(-c3ccccc3)[nH]c12. The Morgan fingerprint density at radius 1 is 1.10 bits per heavy atom. The van der Waals surface area contributed by atoms with Crippen molar-refractivity contribution in [3.8, 4) is 17.1 Å². The van der Waals surface area contributed by atoms with E-state index in [9.17, 15) is 0 Å². The third kappa shape index (κ3) is 4.07. The van der Waals surface area contributed by atoms with E-state index < -0.39 is 24.1 Å². The van der Waals surface area contributed by atoms with Gasteiger partial charge in [-0.1, -0.05) is 30.3 Å². The number of halogens is 1. The van der Waals surface area contributed by atoms with Gasteiger partial charge < -0.3 is 23.9 Å². The van der Waals surface area contributed by atoms with Gasteiger partial charge in [-0.05, 0) is 47.9 Å². The first-order chi connectivity index (χ1) is 14.6. The van der Waals surface area contributed by atoms with E-state index in [1.807, 2.05) is 77.0 Å². The maximum atomic E-state index is 15.7. The Kier molecular flexibility index (Phi) is 5.58. The van der Waals surface area contributed by atoms with E-state index in [0.717, 1.165) is 12.1 Å². The third-order valence-corrected chi connectivity index (χ3v) is 6.05. The molecule has 1 saturated heterocycles. The highest BCUT2D eigenvalue weighted by Crippen LogP contribution is 2.38. The first-order valence-corrected chi connectivity index (χ1v) is 10.5. The van der Waals surface area contributed by atoms with Crippen LogP contribution < -0.4 is 10.2 Å². The predicted octanol–water partition coefficient (Wildman–Crippen LogP) is 3.61. The Bertz CT molecular complexity index is 1070. The number of hydrogen-bond donors (Lipinski definition) is 1. The van der Waals surface area contributed by atoms with E-state index in [-0.39, 0.29) is 11.0 Å². The molecule has 31 heavy (non-hydrogen) atoms. The van der Waals surface area contributed by atoms with Gasteiger partial charge in [0, 0.05) is 17.6 Å². The maximum Gasteiger partial charge on any atom is 0.498 e. The molecule has 4 rings (SSSR count). The molecule has 1 aliphatic rings. The van der Waals surface area contributed by atoms with Crippen LogP contribution in [0.4, 0.5) is 4.39 Å². The van der Waals surface area contributed by atoms with E-state index in [2.05, 4.69) is 9.97 Å². The molecule has 2 heterocycles. The number of ether oxygens (including phenoxy) is 1. The van der Waals surface area contributed by atoms with Gasteiger partial charge in [-0.15, -0.1) is 0 Å². The van der Waals surface area contributed by atoms with Gasteiger partial charge in [-0.2, -0.15) is 0 Å². The zero-order valence-electron chi connectivity index (χ0n) is 19.0. The number of aromatic amines is 1. The number of aromatic nitrogens is 2. The monoisotopic (exact) mass is 425 g/mol. The third-order valence-electron chi connectivity index (χ3n) is 6.05. The van der Waals surface area contributed by atoms with E-state index in [0.29, 0.717) is 23.7 Å². The lowest BCUT2D eigenvalue weighted by Crippen LogP contribution is -2.41.